The van der Waals surface area contributed by atoms with Crippen LogP contribution < -0.4 is 10.1 Å². The van der Waals surface area contributed by atoms with Crippen LogP contribution in [0.3, 0.4) is 0 Å². The summed E-state index contributed by atoms with van der Waals surface area (Å²) in [7, 11) is 2.17. The van der Waals surface area contributed by atoms with Crippen LogP contribution in [-0.2, 0) is 13.1 Å². The second-order valence-corrected chi connectivity index (χ2v) is 8.96. The number of rotatable bonds is 10. The minimum Gasteiger partial charge on any atom is -0.493 e. The second-order valence-electron chi connectivity index (χ2n) is 8.96. The van der Waals surface area contributed by atoms with Crippen LogP contribution in [0, 0.1) is 11.7 Å². The van der Waals surface area contributed by atoms with Gasteiger partial charge in [0.2, 0.25) is 0 Å². The Kier molecular flexibility index (Phi) is 8.35. The molecule has 0 unspecified atom stereocenters. The lowest BCUT2D eigenvalue weighted by molar-refractivity contribution is 0.128. The van der Waals surface area contributed by atoms with Gasteiger partial charge in [0.05, 0.1) is 12.4 Å². The number of halogens is 1. The van der Waals surface area contributed by atoms with Gasteiger partial charge < -0.3 is 19.9 Å². The van der Waals surface area contributed by atoms with Gasteiger partial charge in [0.15, 0.2) is 0 Å². The van der Waals surface area contributed by atoms with E-state index in [9.17, 15) is 4.39 Å². The van der Waals surface area contributed by atoms with E-state index < -0.39 is 0 Å². The largest absolute Gasteiger partial charge is 0.493 e. The fourth-order valence-electron chi connectivity index (χ4n) is 3.90. The highest BCUT2D eigenvalue weighted by molar-refractivity contribution is 5.27. The Hall–Kier alpha value is -2.53. The molecule has 1 heterocycles. The van der Waals surface area contributed by atoms with Gasteiger partial charge >= 0.3 is 0 Å². The lowest BCUT2D eigenvalue weighted by atomic mass is 10.0. The zero-order chi connectivity index (χ0) is 22.2. The molecule has 31 heavy (non-hydrogen) atoms. The number of nitrogens with zero attached hydrogens (tertiary/aromatic N) is 2. The summed E-state index contributed by atoms with van der Waals surface area (Å²) in [4.78, 5) is 4.71. The lowest BCUT2D eigenvalue weighted by Crippen LogP contribution is -2.47. The summed E-state index contributed by atoms with van der Waals surface area (Å²) in [5.41, 5.74) is 2.27. The molecule has 1 fully saturated rings. The minimum atomic E-state index is -0.203. The van der Waals surface area contributed by atoms with Crippen LogP contribution in [0.4, 0.5) is 4.39 Å². The molecule has 0 saturated carbocycles. The first-order chi connectivity index (χ1) is 14.9. The maximum atomic E-state index is 13.4. The molecule has 0 aromatic heterocycles. The number of piperidine rings is 1. The van der Waals surface area contributed by atoms with Crippen molar-refractivity contribution in [1.29, 1.82) is 0 Å². The number of nitrogens with one attached hydrogen (secondary N) is 1. The van der Waals surface area contributed by atoms with Crippen molar-refractivity contribution in [2.24, 2.45) is 5.92 Å². The number of hydrogen-bond donors (Lipinski definition) is 1. The van der Waals surface area contributed by atoms with Crippen molar-refractivity contribution in [2.45, 2.75) is 45.8 Å². The topological polar surface area (TPSA) is 27.7 Å². The molecule has 3 rings (SSSR count). The van der Waals surface area contributed by atoms with Crippen molar-refractivity contribution in [3.63, 3.8) is 0 Å². The van der Waals surface area contributed by atoms with E-state index in [0.29, 0.717) is 25.0 Å². The van der Waals surface area contributed by atoms with Crippen molar-refractivity contribution in [3.8, 4) is 5.75 Å². The molecule has 4 nitrogen and oxygen atoms in total. The van der Waals surface area contributed by atoms with E-state index in [-0.39, 0.29) is 5.82 Å². The Labute approximate surface area is 186 Å². The smallest absolute Gasteiger partial charge is 0.123 e. The van der Waals surface area contributed by atoms with Crippen LogP contribution in [0.2, 0.25) is 0 Å². The van der Waals surface area contributed by atoms with Crippen molar-refractivity contribution in [1.82, 2.24) is 15.1 Å². The zero-order valence-corrected chi connectivity index (χ0v) is 19.1. The van der Waals surface area contributed by atoms with Crippen molar-refractivity contribution in [3.05, 3.63) is 77.9 Å². The number of likely N-dealkylation sites (tertiary alicyclic amines) is 1. The van der Waals surface area contributed by atoms with E-state index in [4.69, 9.17) is 4.74 Å². The van der Waals surface area contributed by atoms with Crippen LogP contribution in [-0.4, -0.2) is 42.6 Å². The monoisotopic (exact) mass is 425 g/mol. The summed E-state index contributed by atoms with van der Waals surface area (Å²) in [6.07, 6.45) is 2.31. The molecule has 1 aliphatic heterocycles. The first-order valence-corrected chi connectivity index (χ1v) is 11.2. The third kappa shape index (κ3) is 7.28. The first-order valence-electron chi connectivity index (χ1n) is 11.2. The molecule has 0 bridgehead atoms. The standard InChI is InChI=1S/C26H36FN3O/c1-20(2)19-31-26-13-9-22(10-14-26)16-28-21(3)30(25-6-5-15-29(4)18-25)17-23-7-11-24(27)12-8-23/h7-14,20,25,28H,3,5-6,15-19H2,1-2,4H3/t25-/m0/s1. The lowest BCUT2D eigenvalue weighted by Gasteiger charge is -2.40. The molecule has 2 aromatic rings. The average Bonchev–Trinajstić information content (AvgIpc) is 2.76. The van der Waals surface area contributed by atoms with Crippen LogP contribution >= 0.6 is 0 Å². The molecule has 2 aromatic carbocycles. The molecule has 1 aliphatic rings. The maximum absolute atomic E-state index is 13.4. The number of benzene rings is 2. The number of likely N-dealkylation sites (N-methyl/N-ethyl adjacent to an activating group) is 1. The number of ether oxygens (including phenoxy) is 1. The molecule has 1 saturated heterocycles. The second kappa shape index (κ2) is 11.2. The van der Waals surface area contributed by atoms with E-state index in [0.717, 1.165) is 43.3 Å². The van der Waals surface area contributed by atoms with Crippen LogP contribution in [0.15, 0.2) is 60.9 Å². The molecule has 0 spiro atoms. The predicted molar refractivity (Wildman–Crippen MR) is 125 cm³/mol. The molecular formula is C26H36FN3O. The summed E-state index contributed by atoms with van der Waals surface area (Å²) in [5, 5.41) is 3.51. The van der Waals surface area contributed by atoms with E-state index in [2.05, 4.69) is 54.7 Å². The summed E-state index contributed by atoms with van der Waals surface area (Å²) in [5.74, 6) is 2.12. The van der Waals surface area contributed by atoms with Gasteiger partial charge in [-0.3, -0.25) is 0 Å². The van der Waals surface area contributed by atoms with Gasteiger partial charge in [-0.05, 0) is 67.7 Å². The zero-order valence-electron chi connectivity index (χ0n) is 19.1. The third-order valence-electron chi connectivity index (χ3n) is 5.66. The summed E-state index contributed by atoms with van der Waals surface area (Å²) < 4.78 is 19.1. The average molecular weight is 426 g/mol. The van der Waals surface area contributed by atoms with Gasteiger partial charge in [-0.25, -0.2) is 4.39 Å². The van der Waals surface area contributed by atoms with Crippen LogP contribution in [0.5, 0.6) is 5.75 Å². The summed E-state index contributed by atoms with van der Waals surface area (Å²) >= 11 is 0. The van der Waals surface area contributed by atoms with E-state index >= 15 is 0 Å². The van der Waals surface area contributed by atoms with E-state index in [1.54, 1.807) is 0 Å². The Bertz CT molecular complexity index is 820. The molecule has 1 N–H and O–H groups in total. The highest BCUT2D eigenvalue weighted by Crippen LogP contribution is 2.21. The van der Waals surface area contributed by atoms with Gasteiger partial charge in [-0.15, -0.1) is 0 Å². The van der Waals surface area contributed by atoms with E-state index in [1.165, 1.54) is 24.1 Å². The van der Waals surface area contributed by atoms with Crippen LogP contribution in [0.25, 0.3) is 0 Å². The highest BCUT2D eigenvalue weighted by Gasteiger charge is 2.25. The van der Waals surface area contributed by atoms with E-state index in [1.807, 2.05) is 24.3 Å². The predicted octanol–water partition coefficient (Wildman–Crippen LogP) is 5.02. The fourth-order valence-corrected chi connectivity index (χ4v) is 3.90. The highest BCUT2D eigenvalue weighted by atomic mass is 19.1. The minimum absolute atomic E-state index is 0.203. The Morgan fingerprint density at radius 3 is 2.48 bits per heavy atom. The van der Waals surface area contributed by atoms with Crippen molar-refractivity contribution < 1.29 is 9.13 Å². The SMILES string of the molecule is C=C(NCc1ccc(OCC(C)C)cc1)N(Cc1ccc(F)cc1)[C@H]1CCCN(C)C1. The summed E-state index contributed by atoms with van der Waals surface area (Å²) in [6.45, 7) is 12.9. The summed E-state index contributed by atoms with van der Waals surface area (Å²) in [6, 6.07) is 15.4. The molecule has 0 amide bonds. The van der Waals surface area contributed by atoms with Crippen molar-refractivity contribution in [2.75, 3.05) is 26.7 Å². The Morgan fingerprint density at radius 1 is 1.16 bits per heavy atom. The molecule has 168 valence electrons. The first kappa shape index (κ1) is 23.1. The fraction of sp³-hybridized carbons (Fsp3) is 0.462. The molecular weight excluding hydrogens is 389 g/mol. The molecule has 5 heteroatoms. The maximum Gasteiger partial charge on any atom is 0.123 e. The van der Waals surface area contributed by atoms with Crippen molar-refractivity contribution >= 4 is 0 Å². The van der Waals surface area contributed by atoms with Gasteiger partial charge in [-0.2, -0.15) is 0 Å². The Morgan fingerprint density at radius 2 is 1.84 bits per heavy atom. The third-order valence-corrected chi connectivity index (χ3v) is 5.66. The van der Waals surface area contributed by atoms with Crippen LogP contribution in [0.1, 0.15) is 37.8 Å². The Balaban J connectivity index is 1.62. The molecule has 1 atom stereocenters. The van der Waals surface area contributed by atoms with Gasteiger partial charge in [0, 0.05) is 25.7 Å². The van der Waals surface area contributed by atoms with Gasteiger partial charge in [-0.1, -0.05) is 44.7 Å². The molecule has 0 radical (unpaired) electrons. The number of hydrogen-bond acceptors (Lipinski definition) is 4. The normalized spacial score (nSPS) is 16.9. The van der Waals surface area contributed by atoms with Gasteiger partial charge in [0.1, 0.15) is 11.6 Å². The quantitative estimate of drug-likeness (QED) is 0.579. The van der Waals surface area contributed by atoms with Gasteiger partial charge in [0.25, 0.3) is 0 Å². The molecule has 0 aliphatic carbocycles.